The van der Waals surface area contributed by atoms with E-state index in [4.69, 9.17) is 8.83 Å². The summed E-state index contributed by atoms with van der Waals surface area (Å²) in [6.07, 6.45) is 1.42. The maximum atomic E-state index is 11.9. The lowest BCUT2D eigenvalue weighted by Gasteiger charge is -1.95. The highest BCUT2D eigenvalue weighted by atomic mass is 16.5. The van der Waals surface area contributed by atoms with Gasteiger partial charge in [0.2, 0.25) is 5.76 Å². The molecular weight excluding hydrogens is 224 g/mol. The number of hydrogen-bond donors (Lipinski definition) is 0. The zero-order valence-corrected chi connectivity index (χ0v) is 9.35. The molecule has 0 aromatic carbocycles. The summed E-state index contributed by atoms with van der Waals surface area (Å²) in [5.41, 5.74) is 0.714. The zero-order valence-electron chi connectivity index (χ0n) is 9.35. The van der Waals surface area contributed by atoms with Crippen LogP contribution in [0.1, 0.15) is 32.4 Å². The van der Waals surface area contributed by atoms with Crippen LogP contribution < -0.4 is 0 Å². The van der Waals surface area contributed by atoms with Crippen molar-refractivity contribution in [3.8, 4) is 0 Å². The van der Waals surface area contributed by atoms with Crippen molar-refractivity contribution in [1.82, 2.24) is 0 Å². The predicted octanol–water partition coefficient (Wildman–Crippen LogP) is 2.20. The van der Waals surface area contributed by atoms with Crippen molar-refractivity contribution in [3.05, 3.63) is 47.3 Å². The highest BCUT2D eigenvalue weighted by Crippen LogP contribution is 2.17. The molecule has 0 unspecified atom stereocenters. The van der Waals surface area contributed by atoms with Gasteiger partial charge in [-0.2, -0.15) is 0 Å². The second-order valence-corrected chi connectivity index (χ2v) is 3.42. The van der Waals surface area contributed by atoms with E-state index in [1.165, 1.54) is 25.5 Å². The molecule has 88 valence electrons. The average molecular weight is 234 g/mol. The molecule has 0 fully saturated rings. The number of carbonyl (C=O) groups is 2. The quantitative estimate of drug-likeness (QED) is 0.601. The van der Waals surface area contributed by atoms with Gasteiger partial charge in [-0.05, 0) is 30.7 Å². The molecule has 0 radical (unpaired) electrons. The smallest absolute Gasteiger partial charge is 0.373 e. The SMILES string of the molecule is COC(=O)c1ccc(C(=O)c2occc2C)o1. The average Bonchev–Trinajstić information content (AvgIpc) is 2.95. The maximum Gasteiger partial charge on any atom is 0.373 e. The molecule has 0 aliphatic rings. The molecule has 2 heterocycles. The number of ketones is 1. The lowest BCUT2D eigenvalue weighted by atomic mass is 10.2. The van der Waals surface area contributed by atoms with Gasteiger partial charge in [0, 0.05) is 0 Å². The van der Waals surface area contributed by atoms with Gasteiger partial charge in [-0.25, -0.2) is 4.79 Å². The minimum Gasteiger partial charge on any atom is -0.463 e. The van der Waals surface area contributed by atoms with Crippen LogP contribution in [0.4, 0.5) is 0 Å². The minimum atomic E-state index is -0.625. The van der Waals surface area contributed by atoms with Crippen molar-refractivity contribution in [2.45, 2.75) is 6.92 Å². The van der Waals surface area contributed by atoms with Gasteiger partial charge in [-0.3, -0.25) is 4.79 Å². The van der Waals surface area contributed by atoms with E-state index < -0.39 is 11.8 Å². The van der Waals surface area contributed by atoms with Crippen LogP contribution in [0.15, 0.2) is 33.3 Å². The van der Waals surface area contributed by atoms with Gasteiger partial charge in [0.05, 0.1) is 13.4 Å². The predicted molar refractivity (Wildman–Crippen MR) is 56.9 cm³/mol. The first-order chi connectivity index (χ1) is 8.13. The molecule has 0 atom stereocenters. The fraction of sp³-hybridized carbons (Fsp3) is 0.167. The molecule has 5 nitrogen and oxygen atoms in total. The molecule has 2 rings (SSSR count). The summed E-state index contributed by atoms with van der Waals surface area (Å²) in [6, 6.07) is 4.48. The van der Waals surface area contributed by atoms with Gasteiger partial charge in [-0.1, -0.05) is 0 Å². The molecule has 0 aliphatic heterocycles. The summed E-state index contributed by atoms with van der Waals surface area (Å²) in [5.74, 6) is -0.790. The first kappa shape index (κ1) is 11.2. The summed E-state index contributed by atoms with van der Waals surface area (Å²) < 4.78 is 14.6. The monoisotopic (exact) mass is 234 g/mol. The zero-order chi connectivity index (χ0) is 12.4. The van der Waals surface area contributed by atoms with E-state index >= 15 is 0 Å². The van der Waals surface area contributed by atoms with Crippen LogP contribution >= 0.6 is 0 Å². The Morgan fingerprint density at radius 1 is 1.18 bits per heavy atom. The molecule has 0 aliphatic carbocycles. The molecular formula is C12H10O5. The normalized spacial score (nSPS) is 10.2. The Hall–Kier alpha value is -2.30. The van der Waals surface area contributed by atoms with Crippen molar-refractivity contribution >= 4 is 11.8 Å². The number of ether oxygens (including phenoxy) is 1. The summed E-state index contributed by atoms with van der Waals surface area (Å²) in [5, 5.41) is 0. The van der Waals surface area contributed by atoms with Crippen molar-refractivity contribution in [3.63, 3.8) is 0 Å². The van der Waals surface area contributed by atoms with Crippen LogP contribution in [0.25, 0.3) is 0 Å². The molecule has 0 bridgehead atoms. The fourth-order valence-corrected chi connectivity index (χ4v) is 1.39. The Kier molecular flexibility index (Phi) is 2.82. The highest BCUT2D eigenvalue weighted by Gasteiger charge is 2.20. The van der Waals surface area contributed by atoms with Gasteiger partial charge >= 0.3 is 5.97 Å². The Morgan fingerprint density at radius 2 is 1.88 bits per heavy atom. The van der Waals surface area contributed by atoms with Crippen LogP contribution in [0, 0.1) is 6.92 Å². The van der Waals surface area contributed by atoms with E-state index in [9.17, 15) is 9.59 Å². The third kappa shape index (κ3) is 1.99. The van der Waals surface area contributed by atoms with Gasteiger partial charge in [-0.15, -0.1) is 0 Å². The minimum absolute atomic E-state index is 0.0138. The number of furan rings is 2. The highest BCUT2D eigenvalue weighted by molar-refractivity contribution is 6.06. The lowest BCUT2D eigenvalue weighted by Crippen LogP contribution is -2.01. The Balaban J connectivity index is 2.30. The topological polar surface area (TPSA) is 69.7 Å². The second kappa shape index (κ2) is 4.29. The Labute approximate surface area is 97.0 Å². The summed E-state index contributed by atoms with van der Waals surface area (Å²) in [6.45, 7) is 1.75. The van der Waals surface area contributed by atoms with E-state index in [-0.39, 0.29) is 17.3 Å². The van der Waals surface area contributed by atoms with E-state index in [1.54, 1.807) is 13.0 Å². The summed E-state index contributed by atoms with van der Waals surface area (Å²) in [7, 11) is 1.24. The van der Waals surface area contributed by atoms with Gasteiger partial charge in [0.1, 0.15) is 0 Å². The van der Waals surface area contributed by atoms with E-state index in [0.717, 1.165) is 0 Å². The van der Waals surface area contributed by atoms with E-state index in [0.29, 0.717) is 5.56 Å². The standard InChI is InChI=1S/C12H10O5/c1-7-5-6-16-11(7)10(13)8-3-4-9(17-8)12(14)15-2/h3-6H,1-2H3. The van der Waals surface area contributed by atoms with Crippen molar-refractivity contribution in [2.75, 3.05) is 7.11 Å². The largest absolute Gasteiger partial charge is 0.463 e. The second-order valence-electron chi connectivity index (χ2n) is 3.42. The number of hydrogen-bond acceptors (Lipinski definition) is 5. The van der Waals surface area contributed by atoms with Crippen LogP contribution in [0.2, 0.25) is 0 Å². The van der Waals surface area contributed by atoms with Gasteiger partial charge in [0.15, 0.2) is 11.5 Å². The molecule has 5 heteroatoms. The molecule has 2 aromatic rings. The summed E-state index contributed by atoms with van der Waals surface area (Å²) >= 11 is 0. The van der Waals surface area contributed by atoms with E-state index in [1.807, 2.05) is 0 Å². The molecule has 0 saturated carbocycles. The van der Waals surface area contributed by atoms with Crippen molar-refractivity contribution < 1.29 is 23.2 Å². The Bertz CT molecular complexity index is 561. The van der Waals surface area contributed by atoms with E-state index in [2.05, 4.69) is 4.74 Å². The number of rotatable bonds is 3. The molecule has 0 saturated heterocycles. The molecule has 17 heavy (non-hydrogen) atoms. The Morgan fingerprint density at radius 3 is 2.47 bits per heavy atom. The maximum absolute atomic E-state index is 11.9. The first-order valence-corrected chi connectivity index (χ1v) is 4.90. The number of methoxy groups -OCH3 is 1. The van der Waals surface area contributed by atoms with Crippen LogP contribution in [0.3, 0.4) is 0 Å². The van der Waals surface area contributed by atoms with Crippen LogP contribution in [-0.4, -0.2) is 18.9 Å². The molecule has 2 aromatic heterocycles. The van der Waals surface area contributed by atoms with Crippen molar-refractivity contribution in [2.24, 2.45) is 0 Å². The van der Waals surface area contributed by atoms with Gasteiger partial charge < -0.3 is 13.6 Å². The van der Waals surface area contributed by atoms with Crippen LogP contribution in [-0.2, 0) is 4.74 Å². The summed E-state index contributed by atoms with van der Waals surface area (Å²) in [4.78, 5) is 23.1. The lowest BCUT2D eigenvalue weighted by molar-refractivity contribution is 0.0563. The van der Waals surface area contributed by atoms with Crippen molar-refractivity contribution in [1.29, 1.82) is 0 Å². The number of aryl methyl sites for hydroxylation is 1. The number of esters is 1. The molecule has 0 spiro atoms. The number of carbonyl (C=O) groups excluding carboxylic acids is 2. The molecule has 0 N–H and O–H groups in total. The first-order valence-electron chi connectivity index (χ1n) is 4.90. The van der Waals surface area contributed by atoms with Gasteiger partial charge in [0.25, 0.3) is 5.78 Å². The third-order valence-corrected chi connectivity index (χ3v) is 2.28. The molecule has 0 amide bonds. The third-order valence-electron chi connectivity index (χ3n) is 2.28. The van der Waals surface area contributed by atoms with Crippen LogP contribution in [0.5, 0.6) is 0 Å². The fourth-order valence-electron chi connectivity index (χ4n) is 1.39.